The van der Waals surface area contributed by atoms with Crippen molar-refractivity contribution in [3.05, 3.63) is 29.8 Å². The van der Waals surface area contributed by atoms with E-state index in [1.807, 2.05) is 0 Å². The zero-order valence-electron chi connectivity index (χ0n) is 15.1. The number of fused-ring (bicyclic) bond motifs is 5. The second-order valence-corrected chi connectivity index (χ2v) is 7.79. The number of ether oxygens (including phenoxy) is 1. The first-order valence-electron chi connectivity index (χ1n) is 9.76. The fourth-order valence-electron chi connectivity index (χ4n) is 5.01. The number of hydrogen-bond donors (Lipinski definition) is 0. The number of anilines is 1. The molecule has 138 valence electrons. The highest BCUT2D eigenvalue weighted by Gasteiger charge is 2.61. The van der Waals surface area contributed by atoms with Gasteiger partial charge >= 0.3 is 5.97 Å². The molecule has 0 unspecified atom stereocenters. The topological polar surface area (TPSA) is 63.7 Å². The molecule has 0 spiro atoms. The number of nitrogens with zero attached hydrogens (tertiary/aromatic N) is 1. The number of unbranched alkanes of at least 4 members (excludes halogenated alkanes) is 2. The molecule has 5 heteroatoms. The van der Waals surface area contributed by atoms with Crippen LogP contribution in [0.4, 0.5) is 5.69 Å². The van der Waals surface area contributed by atoms with Gasteiger partial charge in [0.25, 0.3) is 0 Å². The van der Waals surface area contributed by atoms with E-state index in [2.05, 4.69) is 6.92 Å². The molecular weight excluding hydrogens is 330 g/mol. The summed E-state index contributed by atoms with van der Waals surface area (Å²) in [6.07, 6.45) is 6.15. The zero-order chi connectivity index (χ0) is 18.3. The first-order valence-corrected chi connectivity index (χ1v) is 9.76. The number of carbonyl (C=O) groups is 3. The largest absolute Gasteiger partial charge is 0.462 e. The minimum absolute atomic E-state index is 0.0536. The highest BCUT2D eigenvalue weighted by atomic mass is 16.5. The first kappa shape index (κ1) is 17.3. The van der Waals surface area contributed by atoms with E-state index < -0.39 is 0 Å². The zero-order valence-corrected chi connectivity index (χ0v) is 15.1. The normalized spacial score (nSPS) is 29.3. The van der Waals surface area contributed by atoms with Crippen molar-refractivity contribution in [2.75, 3.05) is 11.5 Å². The summed E-state index contributed by atoms with van der Waals surface area (Å²) in [5.41, 5.74) is 1.01. The number of benzene rings is 1. The number of hydrogen-bond acceptors (Lipinski definition) is 4. The fraction of sp³-hybridized carbons (Fsp3) is 0.571. The van der Waals surface area contributed by atoms with Gasteiger partial charge in [0.2, 0.25) is 11.8 Å². The van der Waals surface area contributed by atoms with Crippen LogP contribution in [0.1, 0.15) is 55.8 Å². The molecule has 5 nitrogen and oxygen atoms in total. The molecule has 0 aromatic heterocycles. The smallest absolute Gasteiger partial charge is 0.338 e. The number of amides is 2. The number of rotatable bonds is 6. The van der Waals surface area contributed by atoms with Crippen molar-refractivity contribution in [1.82, 2.24) is 0 Å². The molecule has 1 saturated heterocycles. The Balaban J connectivity index is 1.45. The van der Waals surface area contributed by atoms with E-state index in [0.29, 0.717) is 29.7 Å². The van der Waals surface area contributed by atoms with Gasteiger partial charge in [-0.15, -0.1) is 0 Å². The van der Waals surface area contributed by atoms with Crippen LogP contribution < -0.4 is 4.90 Å². The molecular formula is C21H25NO4. The summed E-state index contributed by atoms with van der Waals surface area (Å²) in [6.45, 7) is 2.52. The van der Waals surface area contributed by atoms with Gasteiger partial charge in [-0.1, -0.05) is 19.8 Å². The van der Waals surface area contributed by atoms with Gasteiger partial charge in [-0.2, -0.15) is 0 Å². The van der Waals surface area contributed by atoms with E-state index in [1.165, 1.54) is 4.90 Å². The number of carbonyl (C=O) groups excluding carboxylic acids is 3. The van der Waals surface area contributed by atoms with Gasteiger partial charge in [0.05, 0.1) is 29.7 Å². The van der Waals surface area contributed by atoms with Crippen LogP contribution in [0.2, 0.25) is 0 Å². The van der Waals surface area contributed by atoms with Gasteiger partial charge in [-0.3, -0.25) is 14.5 Å². The van der Waals surface area contributed by atoms with Gasteiger partial charge in [0, 0.05) is 0 Å². The minimum Gasteiger partial charge on any atom is -0.462 e. The van der Waals surface area contributed by atoms with Crippen LogP contribution in [-0.4, -0.2) is 24.4 Å². The van der Waals surface area contributed by atoms with Crippen molar-refractivity contribution in [2.24, 2.45) is 23.7 Å². The first-order chi connectivity index (χ1) is 12.6. The van der Waals surface area contributed by atoms with Gasteiger partial charge < -0.3 is 4.74 Å². The molecule has 3 fully saturated rings. The van der Waals surface area contributed by atoms with Crippen molar-refractivity contribution < 1.29 is 19.1 Å². The van der Waals surface area contributed by atoms with E-state index >= 15 is 0 Å². The summed E-state index contributed by atoms with van der Waals surface area (Å²) in [5, 5.41) is 0. The third-order valence-corrected chi connectivity index (χ3v) is 6.27. The maximum absolute atomic E-state index is 12.8. The lowest BCUT2D eigenvalue weighted by molar-refractivity contribution is -0.123. The van der Waals surface area contributed by atoms with Crippen LogP contribution in [0, 0.1) is 23.7 Å². The standard InChI is InChI=1S/C21H25NO4/c1-2-3-4-11-26-21(25)13-7-9-16(10-8-13)22-19(23)17-14-5-6-15(12-14)18(17)20(22)24/h7-10,14-15,17-18H,2-6,11-12H2,1H3/t14-,15+,17-,18+. The molecule has 1 heterocycles. The average molecular weight is 355 g/mol. The summed E-state index contributed by atoms with van der Waals surface area (Å²) < 4.78 is 5.25. The maximum Gasteiger partial charge on any atom is 0.338 e. The lowest BCUT2D eigenvalue weighted by Gasteiger charge is -2.19. The Morgan fingerprint density at radius 2 is 1.65 bits per heavy atom. The predicted molar refractivity (Wildman–Crippen MR) is 96.6 cm³/mol. The summed E-state index contributed by atoms with van der Waals surface area (Å²) in [4.78, 5) is 39.0. The van der Waals surface area contributed by atoms with E-state index in [1.54, 1.807) is 24.3 Å². The van der Waals surface area contributed by atoms with Gasteiger partial charge in [-0.05, 0) is 61.8 Å². The SMILES string of the molecule is CCCCCOC(=O)c1ccc(N2C(=O)[C@@H]3[C@@H]4CC[C@@H](C4)[C@@H]3C2=O)cc1. The monoisotopic (exact) mass is 355 g/mol. The second kappa shape index (κ2) is 6.86. The Morgan fingerprint density at radius 3 is 2.23 bits per heavy atom. The molecule has 0 radical (unpaired) electrons. The van der Waals surface area contributed by atoms with Crippen molar-refractivity contribution in [2.45, 2.75) is 45.4 Å². The molecule has 2 bridgehead atoms. The van der Waals surface area contributed by atoms with Gasteiger partial charge in [0.15, 0.2) is 0 Å². The fourth-order valence-corrected chi connectivity index (χ4v) is 5.01. The Bertz CT molecular complexity index is 698. The molecule has 4 rings (SSSR count). The number of imide groups is 1. The summed E-state index contributed by atoms with van der Waals surface area (Å²) in [5.74, 6) is 0.0485. The highest BCUT2D eigenvalue weighted by Crippen LogP contribution is 2.56. The third-order valence-electron chi connectivity index (χ3n) is 6.27. The van der Waals surface area contributed by atoms with Crippen molar-refractivity contribution in [1.29, 1.82) is 0 Å². The molecule has 1 aromatic carbocycles. The molecule has 1 aromatic rings. The molecule has 2 saturated carbocycles. The van der Waals surface area contributed by atoms with Crippen molar-refractivity contribution >= 4 is 23.5 Å². The Kier molecular flexibility index (Phi) is 4.55. The van der Waals surface area contributed by atoms with Crippen LogP contribution in [0.15, 0.2) is 24.3 Å². The molecule has 26 heavy (non-hydrogen) atoms. The van der Waals surface area contributed by atoms with Crippen LogP contribution in [0.5, 0.6) is 0 Å². The average Bonchev–Trinajstić information content (AvgIpc) is 3.33. The minimum atomic E-state index is -0.360. The molecule has 0 N–H and O–H groups in total. The van der Waals surface area contributed by atoms with Crippen LogP contribution in [-0.2, 0) is 14.3 Å². The van der Waals surface area contributed by atoms with E-state index in [4.69, 9.17) is 4.74 Å². The summed E-state index contributed by atoms with van der Waals surface area (Å²) in [6, 6.07) is 6.64. The van der Waals surface area contributed by atoms with E-state index in [0.717, 1.165) is 38.5 Å². The summed E-state index contributed by atoms with van der Waals surface area (Å²) in [7, 11) is 0. The lowest BCUT2D eigenvalue weighted by atomic mass is 9.81. The molecule has 2 aliphatic carbocycles. The van der Waals surface area contributed by atoms with Crippen LogP contribution >= 0.6 is 0 Å². The quantitative estimate of drug-likeness (QED) is 0.445. The van der Waals surface area contributed by atoms with Crippen molar-refractivity contribution in [3.63, 3.8) is 0 Å². The van der Waals surface area contributed by atoms with Gasteiger partial charge in [0.1, 0.15) is 0 Å². The van der Waals surface area contributed by atoms with E-state index in [-0.39, 0.29) is 29.6 Å². The lowest BCUT2D eigenvalue weighted by Crippen LogP contribution is -2.32. The van der Waals surface area contributed by atoms with E-state index in [9.17, 15) is 14.4 Å². The molecule has 2 amide bonds. The Morgan fingerprint density at radius 1 is 1.04 bits per heavy atom. The maximum atomic E-state index is 12.8. The highest BCUT2D eigenvalue weighted by molar-refractivity contribution is 6.22. The van der Waals surface area contributed by atoms with Crippen LogP contribution in [0.25, 0.3) is 0 Å². The second-order valence-electron chi connectivity index (χ2n) is 7.79. The third kappa shape index (κ3) is 2.74. The summed E-state index contributed by atoms with van der Waals surface area (Å²) >= 11 is 0. The van der Waals surface area contributed by atoms with Gasteiger partial charge in [-0.25, -0.2) is 4.79 Å². The van der Waals surface area contributed by atoms with Crippen LogP contribution in [0.3, 0.4) is 0 Å². The molecule has 3 aliphatic rings. The Labute approximate surface area is 153 Å². The Hall–Kier alpha value is -2.17. The molecule has 4 atom stereocenters. The van der Waals surface area contributed by atoms with Crippen molar-refractivity contribution in [3.8, 4) is 0 Å². The molecule has 1 aliphatic heterocycles. The predicted octanol–water partition coefficient (Wildman–Crippen LogP) is 3.57. The number of esters is 1.